The zero-order chi connectivity index (χ0) is 15.0. The van der Waals surface area contributed by atoms with Crippen molar-refractivity contribution >= 4 is 29.1 Å². The first-order valence-electron chi connectivity index (χ1n) is 7.54. The molecule has 0 bridgehead atoms. The second-order valence-electron chi connectivity index (χ2n) is 6.03. The van der Waals surface area contributed by atoms with E-state index in [1.165, 1.54) is 0 Å². The molecule has 0 radical (unpaired) electrons. The number of halogens is 2. The summed E-state index contributed by atoms with van der Waals surface area (Å²) in [4.78, 5) is 14.7. The summed E-state index contributed by atoms with van der Waals surface area (Å²) in [5.41, 5.74) is 0.930. The number of fused-ring (bicyclic) bond motifs is 1. The highest BCUT2D eigenvalue weighted by Crippen LogP contribution is 2.34. The molecule has 114 valence electrons. The molecule has 3 rings (SSSR count). The lowest BCUT2D eigenvalue weighted by atomic mass is 9.93. The largest absolute Gasteiger partial charge is 0.339 e. The molecule has 2 aliphatic rings. The van der Waals surface area contributed by atoms with Gasteiger partial charge < -0.3 is 10.2 Å². The lowest BCUT2D eigenvalue weighted by Crippen LogP contribution is -2.40. The Bertz CT molecular complexity index is 549. The Balaban J connectivity index is 1.71. The third-order valence-electron chi connectivity index (χ3n) is 4.80. The smallest absolute Gasteiger partial charge is 0.227 e. The fourth-order valence-electron chi connectivity index (χ4n) is 3.76. The minimum absolute atomic E-state index is 0.203. The van der Waals surface area contributed by atoms with E-state index in [0.29, 0.717) is 34.3 Å². The maximum absolute atomic E-state index is 12.6. The lowest BCUT2D eigenvalue weighted by molar-refractivity contribution is -0.131. The Labute approximate surface area is 135 Å². The monoisotopic (exact) mass is 326 g/mol. The van der Waals surface area contributed by atoms with Crippen LogP contribution in [-0.4, -0.2) is 36.5 Å². The third kappa shape index (κ3) is 2.92. The van der Waals surface area contributed by atoms with Crippen molar-refractivity contribution in [1.82, 2.24) is 10.2 Å². The van der Waals surface area contributed by atoms with E-state index in [1.54, 1.807) is 12.1 Å². The summed E-state index contributed by atoms with van der Waals surface area (Å²) in [6, 6.07) is 5.80. The molecule has 2 saturated heterocycles. The summed E-state index contributed by atoms with van der Waals surface area (Å²) in [5.74, 6) is 1.44. The van der Waals surface area contributed by atoms with Gasteiger partial charge in [0.1, 0.15) is 0 Å². The first kappa shape index (κ1) is 15.1. The molecule has 1 N–H and O–H groups in total. The molecular weight excluding hydrogens is 307 g/mol. The van der Waals surface area contributed by atoms with Gasteiger partial charge in [0.2, 0.25) is 5.91 Å². The van der Waals surface area contributed by atoms with Crippen LogP contribution >= 0.6 is 23.2 Å². The van der Waals surface area contributed by atoms with Gasteiger partial charge in [-0.15, -0.1) is 0 Å². The van der Waals surface area contributed by atoms with Gasteiger partial charge in [-0.2, -0.15) is 0 Å². The van der Waals surface area contributed by atoms with E-state index in [1.807, 2.05) is 6.07 Å². The van der Waals surface area contributed by atoms with E-state index < -0.39 is 0 Å². The van der Waals surface area contributed by atoms with Crippen molar-refractivity contribution in [1.29, 1.82) is 0 Å². The van der Waals surface area contributed by atoms with Crippen LogP contribution in [0, 0.1) is 11.8 Å². The van der Waals surface area contributed by atoms with Gasteiger partial charge in [0.15, 0.2) is 0 Å². The van der Waals surface area contributed by atoms with Gasteiger partial charge in [-0.25, -0.2) is 0 Å². The van der Waals surface area contributed by atoms with Gasteiger partial charge in [0, 0.05) is 25.7 Å². The topological polar surface area (TPSA) is 32.3 Å². The Morgan fingerprint density at radius 1 is 1.33 bits per heavy atom. The number of rotatable bonds is 3. The molecule has 21 heavy (non-hydrogen) atoms. The minimum atomic E-state index is 0.203. The second-order valence-corrected chi connectivity index (χ2v) is 6.84. The second kappa shape index (κ2) is 6.15. The van der Waals surface area contributed by atoms with Crippen LogP contribution in [0.25, 0.3) is 0 Å². The van der Waals surface area contributed by atoms with E-state index in [4.69, 9.17) is 23.2 Å². The fourth-order valence-corrected chi connectivity index (χ4v) is 4.08. The van der Waals surface area contributed by atoms with Gasteiger partial charge in [0.05, 0.1) is 16.5 Å². The zero-order valence-corrected chi connectivity index (χ0v) is 13.6. The number of likely N-dealkylation sites (tertiary alicyclic amines) is 1. The highest BCUT2D eigenvalue weighted by atomic mass is 35.5. The van der Waals surface area contributed by atoms with Crippen LogP contribution in [0.1, 0.15) is 18.9 Å². The van der Waals surface area contributed by atoms with Crippen LogP contribution in [0.4, 0.5) is 0 Å². The number of carbonyl (C=O) groups excluding carboxylic acids is 1. The number of hydrogen-bond donors (Lipinski definition) is 1. The van der Waals surface area contributed by atoms with Crippen molar-refractivity contribution in [3.8, 4) is 0 Å². The first-order chi connectivity index (χ1) is 10.1. The highest BCUT2D eigenvalue weighted by molar-refractivity contribution is 6.42. The highest BCUT2D eigenvalue weighted by Gasteiger charge is 2.44. The number of benzene rings is 1. The Morgan fingerprint density at radius 2 is 2.14 bits per heavy atom. The molecule has 2 aliphatic heterocycles. The van der Waals surface area contributed by atoms with Crippen LogP contribution in [0.15, 0.2) is 18.2 Å². The molecule has 0 saturated carbocycles. The van der Waals surface area contributed by atoms with Crippen molar-refractivity contribution in [2.75, 3.05) is 19.6 Å². The summed E-state index contributed by atoms with van der Waals surface area (Å²) < 4.78 is 0. The molecule has 5 heteroatoms. The van der Waals surface area contributed by atoms with Crippen molar-refractivity contribution in [3.63, 3.8) is 0 Å². The van der Waals surface area contributed by atoms with Crippen LogP contribution in [0.3, 0.4) is 0 Å². The maximum Gasteiger partial charge on any atom is 0.227 e. The van der Waals surface area contributed by atoms with E-state index in [2.05, 4.69) is 17.1 Å². The van der Waals surface area contributed by atoms with Gasteiger partial charge in [-0.05, 0) is 36.0 Å². The SMILES string of the molecule is CCC1C2CNCC2CN1C(=O)Cc1ccc(Cl)c(Cl)c1. The summed E-state index contributed by atoms with van der Waals surface area (Å²) in [7, 11) is 0. The summed E-state index contributed by atoms with van der Waals surface area (Å²) in [6.07, 6.45) is 1.43. The standard InChI is InChI=1S/C16H20Cl2N2O/c1-2-15-12-8-19-7-11(12)9-20(15)16(21)6-10-3-4-13(17)14(18)5-10/h3-5,11-12,15,19H,2,6-9H2,1H3. The van der Waals surface area contributed by atoms with Gasteiger partial charge in [-0.1, -0.05) is 36.2 Å². The van der Waals surface area contributed by atoms with Crippen molar-refractivity contribution < 1.29 is 4.79 Å². The lowest BCUT2D eigenvalue weighted by Gasteiger charge is -2.27. The van der Waals surface area contributed by atoms with E-state index in [-0.39, 0.29) is 5.91 Å². The molecule has 2 fully saturated rings. The fraction of sp³-hybridized carbons (Fsp3) is 0.562. The molecule has 3 nitrogen and oxygen atoms in total. The normalized spacial score (nSPS) is 28.0. The molecule has 0 aromatic heterocycles. The van der Waals surface area contributed by atoms with Gasteiger partial charge in [-0.3, -0.25) is 4.79 Å². The average Bonchev–Trinajstić information content (AvgIpc) is 3.02. The minimum Gasteiger partial charge on any atom is -0.339 e. The van der Waals surface area contributed by atoms with Crippen molar-refractivity contribution in [2.24, 2.45) is 11.8 Å². The van der Waals surface area contributed by atoms with E-state index >= 15 is 0 Å². The summed E-state index contributed by atoms with van der Waals surface area (Å²) in [6.45, 7) is 5.14. The molecule has 3 unspecified atom stereocenters. The number of hydrogen-bond acceptors (Lipinski definition) is 2. The van der Waals surface area contributed by atoms with E-state index in [9.17, 15) is 4.79 Å². The molecule has 2 heterocycles. The zero-order valence-electron chi connectivity index (χ0n) is 12.1. The predicted molar refractivity (Wildman–Crippen MR) is 85.8 cm³/mol. The van der Waals surface area contributed by atoms with Crippen LogP contribution < -0.4 is 5.32 Å². The Morgan fingerprint density at radius 3 is 2.86 bits per heavy atom. The molecule has 1 amide bonds. The van der Waals surface area contributed by atoms with Crippen molar-refractivity contribution in [3.05, 3.63) is 33.8 Å². The number of nitrogens with one attached hydrogen (secondary N) is 1. The number of carbonyl (C=O) groups is 1. The Kier molecular flexibility index (Phi) is 4.43. The molecule has 1 aromatic carbocycles. The molecule has 1 aromatic rings. The van der Waals surface area contributed by atoms with E-state index in [0.717, 1.165) is 31.6 Å². The number of nitrogens with zero attached hydrogens (tertiary/aromatic N) is 1. The first-order valence-corrected chi connectivity index (χ1v) is 8.30. The maximum atomic E-state index is 12.6. The van der Waals surface area contributed by atoms with Gasteiger partial charge >= 0.3 is 0 Å². The third-order valence-corrected chi connectivity index (χ3v) is 5.53. The molecule has 0 spiro atoms. The predicted octanol–water partition coefficient (Wildman–Crippen LogP) is 2.99. The number of amides is 1. The van der Waals surface area contributed by atoms with Crippen LogP contribution in [0.2, 0.25) is 10.0 Å². The molecule has 3 atom stereocenters. The molecule has 0 aliphatic carbocycles. The van der Waals surface area contributed by atoms with Gasteiger partial charge in [0.25, 0.3) is 0 Å². The molecular formula is C16H20Cl2N2O. The quantitative estimate of drug-likeness (QED) is 0.926. The summed E-state index contributed by atoms with van der Waals surface area (Å²) >= 11 is 11.9. The van der Waals surface area contributed by atoms with Crippen LogP contribution in [0.5, 0.6) is 0 Å². The summed E-state index contributed by atoms with van der Waals surface area (Å²) in [5, 5.41) is 4.48. The average molecular weight is 327 g/mol. The van der Waals surface area contributed by atoms with Crippen LogP contribution in [-0.2, 0) is 11.2 Å². The Hall–Kier alpha value is -0.770. The van der Waals surface area contributed by atoms with Crippen molar-refractivity contribution in [2.45, 2.75) is 25.8 Å².